The van der Waals surface area contributed by atoms with Gasteiger partial charge in [-0.25, -0.2) is 4.79 Å². The summed E-state index contributed by atoms with van der Waals surface area (Å²) in [4.78, 5) is 51.9. The maximum absolute atomic E-state index is 13.4. The molecule has 0 aliphatic carbocycles. The van der Waals surface area contributed by atoms with Gasteiger partial charge < -0.3 is 31.1 Å². The molecule has 0 spiro atoms. The zero-order valence-corrected chi connectivity index (χ0v) is 26.0. The van der Waals surface area contributed by atoms with Crippen LogP contribution >= 0.6 is 0 Å². The highest BCUT2D eigenvalue weighted by molar-refractivity contribution is 5.92. The van der Waals surface area contributed by atoms with Crippen molar-refractivity contribution in [2.75, 3.05) is 6.54 Å². The van der Waals surface area contributed by atoms with Gasteiger partial charge in [-0.1, -0.05) is 85.7 Å². The molecular weight excluding hydrogens is 524 g/mol. The van der Waals surface area contributed by atoms with Crippen LogP contribution in [0.1, 0.15) is 80.2 Å². The molecule has 0 aliphatic rings. The SMILES string of the molecule is CC(C)CNC(=O)C(O)[C@H](CC(C)C)NC(=O)[C@H](CC(C)C)NC(=O)[C@H](CC(C)C)NC(=O)OCc1ccccc1. The largest absolute Gasteiger partial charge is 0.445 e. The predicted octanol–water partition coefficient (Wildman–Crippen LogP) is 3.52. The minimum Gasteiger partial charge on any atom is -0.445 e. The lowest BCUT2D eigenvalue weighted by Crippen LogP contribution is -2.58. The third-order valence-corrected chi connectivity index (χ3v) is 6.26. The van der Waals surface area contributed by atoms with Gasteiger partial charge in [-0.05, 0) is 48.5 Å². The number of aliphatic hydroxyl groups excluding tert-OH is 1. The highest BCUT2D eigenvalue weighted by atomic mass is 16.5. The third-order valence-electron chi connectivity index (χ3n) is 6.26. The molecule has 0 heterocycles. The monoisotopic (exact) mass is 576 g/mol. The summed E-state index contributed by atoms with van der Waals surface area (Å²) in [7, 11) is 0. The smallest absolute Gasteiger partial charge is 0.408 e. The Labute approximate surface area is 245 Å². The van der Waals surface area contributed by atoms with Crippen LogP contribution in [-0.2, 0) is 25.7 Å². The molecule has 0 fully saturated rings. The van der Waals surface area contributed by atoms with Crippen LogP contribution in [-0.4, -0.2) is 59.7 Å². The molecule has 1 unspecified atom stereocenters. The van der Waals surface area contributed by atoms with E-state index >= 15 is 0 Å². The van der Waals surface area contributed by atoms with Crippen molar-refractivity contribution in [1.82, 2.24) is 21.3 Å². The van der Waals surface area contributed by atoms with Crippen molar-refractivity contribution >= 4 is 23.8 Å². The lowest BCUT2D eigenvalue weighted by atomic mass is 9.96. The van der Waals surface area contributed by atoms with Crippen LogP contribution in [0.25, 0.3) is 0 Å². The van der Waals surface area contributed by atoms with E-state index in [1.165, 1.54) is 0 Å². The molecule has 0 radical (unpaired) electrons. The van der Waals surface area contributed by atoms with Crippen molar-refractivity contribution in [3.05, 3.63) is 35.9 Å². The maximum atomic E-state index is 13.4. The number of carbonyl (C=O) groups excluding carboxylic acids is 4. The molecule has 0 aromatic heterocycles. The van der Waals surface area contributed by atoms with Gasteiger partial charge in [0.2, 0.25) is 11.8 Å². The second-order valence-corrected chi connectivity index (χ2v) is 12.4. The van der Waals surface area contributed by atoms with E-state index in [-0.39, 0.29) is 30.3 Å². The molecule has 0 saturated heterocycles. The molecule has 232 valence electrons. The van der Waals surface area contributed by atoms with Gasteiger partial charge in [0.05, 0.1) is 6.04 Å². The van der Waals surface area contributed by atoms with Gasteiger partial charge in [-0.2, -0.15) is 0 Å². The van der Waals surface area contributed by atoms with E-state index in [0.29, 0.717) is 25.8 Å². The second kappa shape index (κ2) is 18.3. The standard InChI is InChI=1S/C31H52N4O6/c1-19(2)14-24(27(36)30(39)32-17-22(7)8)33-28(37)25(15-20(3)4)34-29(38)26(16-21(5)6)35-31(40)41-18-23-12-10-9-11-13-23/h9-13,19-22,24-27,36H,14-18H2,1-8H3,(H,32,39)(H,33,37)(H,34,38)(H,35,40)/t24-,25-,26-,27?/m0/s1. The van der Waals surface area contributed by atoms with Crippen molar-refractivity contribution in [2.45, 2.75) is 105 Å². The van der Waals surface area contributed by atoms with Gasteiger partial charge >= 0.3 is 6.09 Å². The van der Waals surface area contributed by atoms with Crippen molar-refractivity contribution in [3.8, 4) is 0 Å². The van der Waals surface area contributed by atoms with Gasteiger partial charge in [-0.3, -0.25) is 14.4 Å². The van der Waals surface area contributed by atoms with Crippen LogP contribution in [0.3, 0.4) is 0 Å². The Morgan fingerprint density at radius 1 is 0.683 bits per heavy atom. The molecule has 4 amide bonds. The Kier molecular flexibility index (Phi) is 16.0. The number of hydrogen-bond acceptors (Lipinski definition) is 6. The van der Waals surface area contributed by atoms with Crippen molar-refractivity contribution in [2.24, 2.45) is 23.7 Å². The first-order valence-corrected chi connectivity index (χ1v) is 14.7. The summed E-state index contributed by atoms with van der Waals surface area (Å²) >= 11 is 0. The van der Waals surface area contributed by atoms with Crippen LogP contribution in [0.15, 0.2) is 30.3 Å². The zero-order chi connectivity index (χ0) is 31.1. The summed E-state index contributed by atoms with van der Waals surface area (Å²) in [6.45, 7) is 15.9. The number of alkyl carbamates (subject to hydrolysis) is 1. The highest BCUT2D eigenvalue weighted by Crippen LogP contribution is 2.13. The molecule has 41 heavy (non-hydrogen) atoms. The minimum atomic E-state index is -1.44. The first kappa shape index (κ1) is 35.9. The topological polar surface area (TPSA) is 146 Å². The maximum Gasteiger partial charge on any atom is 0.408 e. The average molecular weight is 577 g/mol. The minimum absolute atomic E-state index is 0.0567. The van der Waals surface area contributed by atoms with Gasteiger partial charge in [0, 0.05) is 6.54 Å². The van der Waals surface area contributed by atoms with Crippen LogP contribution in [0.4, 0.5) is 4.79 Å². The first-order valence-electron chi connectivity index (χ1n) is 14.7. The van der Waals surface area contributed by atoms with Crippen LogP contribution in [0.2, 0.25) is 0 Å². The predicted molar refractivity (Wildman–Crippen MR) is 160 cm³/mol. The third kappa shape index (κ3) is 14.9. The van der Waals surface area contributed by atoms with Crippen LogP contribution < -0.4 is 21.3 Å². The quantitative estimate of drug-likeness (QED) is 0.192. The highest BCUT2D eigenvalue weighted by Gasteiger charge is 2.33. The van der Waals surface area contributed by atoms with E-state index in [9.17, 15) is 24.3 Å². The number of benzene rings is 1. The van der Waals surface area contributed by atoms with Crippen LogP contribution in [0.5, 0.6) is 0 Å². The van der Waals surface area contributed by atoms with E-state index in [4.69, 9.17) is 4.74 Å². The first-order chi connectivity index (χ1) is 19.2. The molecule has 0 bridgehead atoms. The summed E-state index contributed by atoms with van der Waals surface area (Å²) < 4.78 is 5.31. The Balaban J connectivity index is 2.99. The number of nitrogens with one attached hydrogen (secondary N) is 4. The summed E-state index contributed by atoms with van der Waals surface area (Å²) in [5.41, 5.74) is 0.817. The Morgan fingerprint density at radius 2 is 1.20 bits per heavy atom. The summed E-state index contributed by atoms with van der Waals surface area (Å²) in [6, 6.07) is 6.53. The molecule has 10 heteroatoms. The Hall–Kier alpha value is -3.14. The average Bonchev–Trinajstić information content (AvgIpc) is 2.88. The van der Waals surface area contributed by atoms with E-state index < -0.39 is 48.0 Å². The van der Waals surface area contributed by atoms with Crippen LogP contribution in [0, 0.1) is 23.7 Å². The van der Waals surface area contributed by atoms with Crippen molar-refractivity contribution < 1.29 is 29.0 Å². The number of carbonyl (C=O) groups is 4. The molecule has 0 aliphatic heterocycles. The summed E-state index contributed by atoms with van der Waals surface area (Å²) in [5.74, 6) is -1.13. The Morgan fingerprint density at radius 3 is 1.71 bits per heavy atom. The lowest BCUT2D eigenvalue weighted by molar-refractivity contribution is -0.135. The number of aliphatic hydroxyl groups is 1. The number of hydrogen-bond donors (Lipinski definition) is 5. The van der Waals surface area contributed by atoms with Crippen molar-refractivity contribution in [1.29, 1.82) is 0 Å². The molecule has 1 aromatic carbocycles. The lowest BCUT2D eigenvalue weighted by Gasteiger charge is -2.29. The van der Waals surface area contributed by atoms with Gasteiger partial charge in [0.25, 0.3) is 5.91 Å². The van der Waals surface area contributed by atoms with Crippen molar-refractivity contribution in [3.63, 3.8) is 0 Å². The normalized spacial score (nSPS) is 14.4. The molecule has 5 N–H and O–H groups in total. The number of ether oxygens (including phenoxy) is 1. The fourth-order valence-corrected chi connectivity index (χ4v) is 4.24. The summed E-state index contributed by atoms with van der Waals surface area (Å²) in [5, 5.41) is 21.7. The number of amides is 4. The van der Waals surface area contributed by atoms with E-state index in [0.717, 1.165) is 5.56 Å². The fraction of sp³-hybridized carbons (Fsp3) is 0.677. The summed E-state index contributed by atoms with van der Waals surface area (Å²) in [6.07, 6.45) is -1.13. The van der Waals surface area contributed by atoms with Gasteiger partial charge in [-0.15, -0.1) is 0 Å². The van der Waals surface area contributed by atoms with E-state index in [2.05, 4.69) is 21.3 Å². The fourth-order valence-electron chi connectivity index (χ4n) is 4.24. The Bertz CT molecular complexity index is 951. The van der Waals surface area contributed by atoms with Gasteiger partial charge in [0.15, 0.2) is 6.10 Å². The number of rotatable bonds is 17. The second-order valence-electron chi connectivity index (χ2n) is 12.4. The van der Waals surface area contributed by atoms with E-state index in [1.807, 2.05) is 85.7 Å². The van der Waals surface area contributed by atoms with E-state index in [1.54, 1.807) is 0 Å². The molecule has 1 aromatic rings. The van der Waals surface area contributed by atoms with Gasteiger partial charge in [0.1, 0.15) is 18.7 Å². The molecule has 4 atom stereocenters. The zero-order valence-electron chi connectivity index (χ0n) is 26.0. The molecule has 1 rings (SSSR count). The molecular formula is C31H52N4O6. The molecule has 0 saturated carbocycles. The molecule has 10 nitrogen and oxygen atoms in total.